The number of ether oxygens (including phenoxy) is 1. The van der Waals surface area contributed by atoms with Crippen molar-refractivity contribution in [2.75, 3.05) is 0 Å². The first-order valence-corrected chi connectivity index (χ1v) is 6.02. The third kappa shape index (κ3) is 2.90. The zero-order chi connectivity index (χ0) is 13.0. The van der Waals surface area contributed by atoms with Crippen LogP contribution in [-0.4, -0.2) is 5.78 Å². The number of hydrogen-bond acceptors (Lipinski definition) is 2. The molecule has 2 aromatic rings. The Labute approximate surface area is 111 Å². The topological polar surface area (TPSA) is 26.3 Å². The summed E-state index contributed by atoms with van der Waals surface area (Å²) >= 11 is 6.05. The molecule has 0 aliphatic carbocycles. The monoisotopic (exact) mass is 260 g/mol. The average Bonchev–Trinajstić information content (AvgIpc) is 2.38. The van der Waals surface area contributed by atoms with Gasteiger partial charge in [-0.1, -0.05) is 41.9 Å². The minimum absolute atomic E-state index is 0.00948. The summed E-state index contributed by atoms with van der Waals surface area (Å²) in [5.41, 5.74) is 1.49. The van der Waals surface area contributed by atoms with Crippen LogP contribution in [0.25, 0.3) is 0 Å². The van der Waals surface area contributed by atoms with Crippen LogP contribution in [0.5, 0.6) is 5.75 Å². The highest BCUT2D eigenvalue weighted by Gasteiger charge is 2.08. The molecule has 2 aromatic carbocycles. The van der Waals surface area contributed by atoms with Crippen molar-refractivity contribution in [2.24, 2.45) is 0 Å². The first-order chi connectivity index (χ1) is 8.68. The maximum atomic E-state index is 11.4. The first kappa shape index (κ1) is 12.7. The van der Waals surface area contributed by atoms with Crippen molar-refractivity contribution in [1.82, 2.24) is 0 Å². The summed E-state index contributed by atoms with van der Waals surface area (Å²) in [7, 11) is 0. The van der Waals surface area contributed by atoms with Crippen molar-refractivity contribution in [3.05, 3.63) is 64.7 Å². The Morgan fingerprint density at radius 1 is 1.11 bits per heavy atom. The number of rotatable bonds is 4. The molecule has 0 fully saturated rings. The number of carbonyl (C=O) groups excluding carboxylic acids is 1. The van der Waals surface area contributed by atoms with Crippen molar-refractivity contribution in [2.45, 2.75) is 13.5 Å². The molecule has 0 unspecified atom stereocenters. The van der Waals surface area contributed by atoms with E-state index in [0.29, 0.717) is 22.9 Å². The smallest absolute Gasteiger partial charge is 0.163 e. The van der Waals surface area contributed by atoms with E-state index in [4.69, 9.17) is 16.3 Å². The second kappa shape index (κ2) is 5.69. The van der Waals surface area contributed by atoms with Crippen molar-refractivity contribution in [3.8, 4) is 5.75 Å². The highest BCUT2D eigenvalue weighted by molar-refractivity contribution is 6.31. The summed E-state index contributed by atoms with van der Waals surface area (Å²) < 4.78 is 5.66. The highest BCUT2D eigenvalue weighted by atomic mass is 35.5. The molecule has 0 aliphatic rings. The number of ketones is 1. The molecule has 0 radical (unpaired) electrons. The molecule has 0 bridgehead atoms. The molecule has 0 atom stereocenters. The minimum Gasteiger partial charge on any atom is -0.488 e. The Morgan fingerprint density at radius 3 is 2.50 bits per heavy atom. The molecule has 2 rings (SSSR count). The number of Topliss-reactive ketones (excluding diaryl/α,β-unsaturated/α-hetero) is 1. The molecule has 0 aliphatic heterocycles. The van der Waals surface area contributed by atoms with Crippen LogP contribution in [-0.2, 0) is 6.61 Å². The van der Waals surface area contributed by atoms with Crippen LogP contribution in [0.2, 0.25) is 5.02 Å². The van der Waals surface area contributed by atoms with Gasteiger partial charge in [-0.15, -0.1) is 0 Å². The van der Waals surface area contributed by atoms with Crippen molar-refractivity contribution < 1.29 is 9.53 Å². The lowest BCUT2D eigenvalue weighted by Gasteiger charge is -2.10. The largest absolute Gasteiger partial charge is 0.488 e. The summed E-state index contributed by atoms with van der Waals surface area (Å²) in [5.74, 6) is 0.578. The van der Waals surface area contributed by atoms with Gasteiger partial charge in [0.15, 0.2) is 5.78 Å². The number of hydrogen-bond donors (Lipinski definition) is 0. The van der Waals surface area contributed by atoms with Gasteiger partial charge in [0.25, 0.3) is 0 Å². The van der Waals surface area contributed by atoms with E-state index in [1.54, 1.807) is 12.1 Å². The van der Waals surface area contributed by atoms with Crippen LogP contribution in [0.1, 0.15) is 22.8 Å². The summed E-state index contributed by atoms with van der Waals surface area (Å²) in [6.45, 7) is 1.88. The molecule has 0 N–H and O–H groups in total. The molecule has 2 nitrogen and oxygen atoms in total. The predicted molar refractivity (Wildman–Crippen MR) is 72.2 cm³/mol. The van der Waals surface area contributed by atoms with Crippen LogP contribution in [0.4, 0.5) is 0 Å². The molecule has 3 heteroatoms. The molecule has 0 saturated carbocycles. The fraction of sp³-hybridized carbons (Fsp3) is 0.133. The molecule has 0 saturated heterocycles. The molecule has 0 aromatic heterocycles. The molecule has 92 valence electrons. The normalized spacial score (nSPS) is 10.1. The minimum atomic E-state index is -0.00948. The van der Waals surface area contributed by atoms with Gasteiger partial charge in [-0.25, -0.2) is 0 Å². The van der Waals surface area contributed by atoms with E-state index in [1.807, 2.05) is 36.4 Å². The third-order valence-corrected chi connectivity index (χ3v) is 2.98. The van der Waals surface area contributed by atoms with E-state index in [1.165, 1.54) is 6.92 Å². The number of carbonyl (C=O) groups is 1. The Kier molecular flexibility index (Phi) is 4.00. The van der Waals surface area contributed by atoms with Crippen LogP contribution in [0.15, 0.2) is 48.5 Å². The van der Waals surface area contributed by atoms with Crippen LogP contribution in [0, 0.1) is 0 Å². The van der Waals surface area contributed by atoms with Gasteiger partial charge in [0.1, 0.15) is 12.4 Å². The number of benzene rings is 2. The fourth-order valence-electron chi connectivity index (χ4n) is 1.65. The van der Waals surface area contributed by atoms with Gasteiger partial charge in [-0.3, -0.25) is 4.79 Å². The highest BCUT2D eigenvalue weighted by Crippen LogP contribution is 2.22. The van der Waals surface area contributed by atoms with Crippen LogP contribution >= 0.6 is 11.6 Å². The zero-order valence-electron chi connectivity index (χ0n) is 10.0. The van der Waals surface area contributed by atoms with Gasteiger partial charge in [0.05, 0.1) is 5.56 Å². The predicted octanol–water partition coefficient (Wildman–Crippen LogP) is 4.12. The lowest BCUT2D eigenvalue weighted by Crippen LogP contribution is -2.01. The Balaban J connectivity index is 2.16. The van der Waals surface area contributed by atoms with Gasteiger partial charge in [-0.05, 0) is 25.1 Å². The van der Waals surface area contributed by atoms with Gasteiger partial charge in [-0.2, -0.15) is 0 Å². The van der Waals surface area contributed by atoms with Crippen molar-refractivity contribution in [3.63, 3.8) is 0 Å². The van der Waals surface area contributed by atoms with E-state index >= 15 is 0 Å². The summed E-state index contributed by atoms with van der Waals surface area (Å²) in [4.78, 5) is 11.4. The second-order valence-electron chi connectivity index (χ2n) is 3.93. The third-order valence-electron chi connectivity index (χ3n) is 2.61. The summed E-state index contributed by atoms with van der Waals surface area (Å²) in [6, 6.07) is 14.7. The molecule has 0 spiro atoms. The molecular weight excluding hydrogens is 248 g/mol. The van der Waals surface area contributed by atoms with Gasteiger partial charge in [0.2, 0.25) is 0 Å². The molecule has 18 heavy (non-hydrogen) atoms. The van der Waals surface area contributed by atoms with E-state index in [0.717, 1.165) is 5.56 Å². The maximum absolute atomic E-state index is 11.4. The second-order valence-corrected chi connectivity index (χ2v) is 4.34. The lowest BCUT2D eigenvalue weighted by atomic mass is 10.1. The quantitative estimate of drug-likeness (QED) is 0.773. The summed E-state index contributed by atoms with van der Waals surface area (Å²) in [6.07, 6.45) is 0. The average molecular weight is 261 g/mol. The molecular formula is C15H13ClO2. The molecule has 0 amide bonds. The summed E-state index contributed by atoms with van der Waals surface area (Å²) in [5, 5.41) is 0.665. The van der Waals surface area contributed by atoms with Crippen molar-refractivity contribution >= 4 is 17.4 Å². The van der Waals surface area contributed by atoms with Gasteiger partial charge < -0.3 is 4.74 Å². The Bertz CT molecular complexity index is 564. The van der Waals surface area contributed by atoms with E-state index < -0.39 is 0 Å². The van der Waals surface area contributed by atoms with Gasteiger partial charge >= 0.3 is 0 Å². The first-order valence-electron chi connectivity index (χ1n) is 5.64. The van der Waals surface area contributed by atoms with Crippen LogP contribution in [0.3, 0.4) is 0 Å². The fourth-order valence-corrected chi connectivity index (χ4v) is 1.84. The van der Waals surface area contributed by atoms with E-state index in [-0.39, 0.29) is 5.78 Å². The lowest BCUT2D eigenvalue weighted by molar-refractivity contribution is 0.101. The maximum Gasteiger partial charge on any atom is 0.163 e. The van der Waals surface area contributed by atoms with Crippen molar-refractivity contribution in [1.29, 1.82) is 0 Å². The van der Waals surface area contributed by atoms with E-state index in [2.05, 4.69) is 0 Å². The standard InChI is InChI=1S/C15H13ClO2/c1-11(17)13-7-3-5-9-15(13)18-10-12-6-2-4-8-14(12)16/h2-9H,10H2,1H3. The Hall–Kier alpha value is -1.80. The number of halogens is 1. The Morgan fingerprint density at radius 2 is 1.78 bits per heavy atom. The SMILES string of the molecule is CC(=O)c1ccccc1OCc1ccccc1Cl. The zero-order valence-corrected chi connectivity index (χ0v) is 10.8. The number of para-hydroxylation sites is 1. The molecule has 0 heterocycles. The van der Waals surface area contributed by atoms with E-state index in [9.17, 15) is 4.79 Å². The van der Waals surface area contributed by atoms with Crippen LogP contribution < -0.4 is 4.74 Å². The van der Waals surface area contributed by atoms with Gasteiger partial charge in [0, 0.05) is 10.6 Å².